The average molecular weight is 643 g/mol. The van der Waals surface area contributed by atoms with Crippen LogP contribution in [0.5, 0.6) is 5.88 Å². The van der Waals surface area contributed by atoms with Crippen LogP contribution >= 0.6 is 0 Å². The second-order valence-electron chi connectivity index (χ2n) is 16.6. The van der Waals surface area contributed by atoms with E-state index in [-0.39, 0.29) is 21.7 Å². The number of ether oxygens (including phenoxy) is 1. The highest BCUT2D eigenvalue weighted by Gasteiger charge is 2.62. The topological polar surface area (TPSA) is 70.4 Å². The third-order valence-electron chi connectivity index (χ3n) is 10.7. The molecule has 1 unspecified atom stereocenters. The Bertz CT molecular complexity index is 1280. The van der Waals surface area contributed by atoms with E-state index in [9.17, 15) is 0 Å². The summed E-state index contributed by atoms with van der Waals surface area (Å²) < 4.78 is 54.8. The lowest BCUT2D eigenvalue weighted by atomic mass is 10.0. The Morgan fingerprint density at radius 1 is 0.881 bits per heavy atom. The first kappa shape index (κ1) is 35.3. The molecule has 7 nitrogen and oxygen atoms in total. The minimum atomic E-state index is -3.22. The highest BCUT2D eigenvalue weighted by Crippen LogP contribution is 2.50. The predicted molar refractivity (Wildman–Crippen MR) is 177 cm³/mol. The third kappa shape index (κ3) is 6.17. The van der Waals surface area contributed by atoms with Gasteiger partial charge in [0.2, 0.25) is 5.88 Å². The quantitative estimate of drug-likeness (QED) is 0.292. The van der Waals surface area contributed by atoms with Crippen LogP contribution in [0.3, 0.4) is 0 Å². The van der Waals surface area contributed by atoms with Gasteiger partial charge in [0.25, 0.3) is 5.92 Å². The molecular formula is C30H56F2N4O3Si3. The molecule has 1 aliphatic heterocycles. The summed E-state index contributed by atoms with van der Waals surface area (Å²) in [6.45, 7) is 32.3. The van der Waals surface area contributed by atoms with Gasteiger partial charge in [0, 0.05) is 11.8 Å². The molecule has 12 heteroatoms. The van der Waals surface area contributed by atoms with Gasteiger partial charge in [0.15, 0.2) is 24.9 Å². The average Bonchev–Trinajstić information content (AvgIpc) is 3.31. The Balaban J connectivity index is 2.21. The zero-order valence-corrected chi connectivity index (χ0v) is 31.9. The van der Waals surface area contributed by atoms with Crippen molar-refractivity contribution in [1.29, 1.82) is 0 Å². The molecular weight excluding hydrogens is 587 g/mol. The van der Waals surface area contributed by atoms with Crippen LogP contribution < -0.4 is 10.1 Å². The molecule has 2 aromatic rings. The molecule has 3 rings (SSSR count). The zero-order valence-electron chi connectivity index (χ0n) is 28.9. The summed E-state index contributed by atoms with van der Waals surface area (Å²) in [6, 6.07) is -2.00. The van der Waals surface area contributed by atoms with Crippen molar-refractivity contribution in [2.75, 3.05) is 13.7 Å². The van der Waals surface area contributed by atoms with Crippen LogP contribution in [0.15, 0.2) is 12.5 Å². The molecule has 0 spiro atoms. The van der Waals surface area contributed by atoms with Crippen molar-refractivity contribution in [3.8, 4) is 5.88 Å². The molecule has 42 heavy (non-hydrogen) atoms. The molecule has 2 aromatic heterocycles. The van der Waals surface area contributed by atoms with Crippen molar-refractivity contribution in [3.63, 3.8) is 0 Å². The number of nitrogens with one attached hydrogen (secondary N) is 1. The molecule has 3 heterocycles. The Hall–Kier alpha value is -1.19. The molecule has 240 valence electrons. The maximum Gasteiger partial charge on any atom is 0.293 e. The molecule has 0 aromatic carbocycles. The highest BCUT2D eigenvalue weighted by molar-refractivity contribution is 6.79. The summed E-state index contributed by atoms with van der Waals surface area (Å²) in [5.41, 5.74) is 1.60. The highest BCUT2D eigenvalue weighted by atomic mass is 28.4. The number of fused-ring (bicyclic) bond motifs is 1. The molecule has 3 atom stereocenters. The first-order valence-electron chi connectivity index (χ1n) is 15.1. The van der Waals surface area contributed by atoms with E-state index in [4.69, 9.17) is 13.6 Å². The molecule has 0 bridgehead atoms. The summed E-state index contributed by atoms with van der Waals surface area (Å²) in [5.74, 6) is -2.83. The minimum Gasteiger partial charge on any atom is -0.479 e. The van der Waals surface area contributed by atoms with Crippen LogP contribution in [0, 0.1) is 0 Å². The number of aromatic nitrogens is 3. The smallest absolute Gasteiger partial charge is 0.293 e. The van der Waals surface area contributed by atoms with Crippen molar-refractivity contribution in [3.05, 3.63) is 18.1 Å². The van der Waals surface area contributed by atoms with Gasteiger partial charge in [-0.15, -0.1) is 0 Å². The van der Waals surface area contributed by atoms with Crippen LogP contribution in [0.4, 0.5) is 8.78 Å². The Morgan fingerprint density at radius 2 is 1.43 bits per heavy atom. The largest absolute Gasteiger partial charge is 0.479 e. The molecule has 0 radical (unpaired) electrons. The number of alkyl halides is 2. The fourth-order valence-corrected chi connectivity index (χ4v) is 8.95. The second kappa shape index (κ2) is 11.0. The zero-order chi connectivity index (χ0) is 32.5. The monoisotopic (exact) mass is 642 g/mol. The van der Waals surface area contributed by atoms with Crippen LogP contribution in [-0.2, 0) is 8.85 Å². The fourth-order valence-electron chi connectivity index (χ4n) is 4.67. The van der Waals surface area contributed by atoms with Crippen LogP contribution in [-0.4, -0.2) is 70.9 Å². The van der Waals surface area contributed by atoms with Gasteiger partial charge in [0.05, 0.1) is 25.3 Å². The van der Waals surface area contributed by atoms with Crippen molar-refractivity contribution in [2.45, 2.75) is 141 Å². The van der Waals surface area contributed by atoms with Crippen LogP contribution in [0.1, 0.15) is 73.9 Å². The van der Waals surface area contributed by atoms with Crippen LogP contribution in [0.25, 0.3) is 11.0 Å². The standard InChI is InChI=1S/C30H56F2N4O3Si3/c1-27(2,3)40(11,12)36-17-20(22-23(36)26(37-10)34-19-33-22)24-30(31,32)25(39-42(15,16)29(7,8)9)21(35-24)18-38-41(13,14)28(4,5)6/h17,19,21,24-25,35H,18H2,1-16H3/t21-,24?,25-/m1/s1. The minimum absolute atomic E-state index is 0.0482. The van der Waals surface area contributed by atoms with Gasteiger partial charge in [0.1, 0.15) is 24.0 Å². The summed E-state index contributed by atoms with van der Waals surface area (Å²) in [4.78, 5) is 8.95. The molecule has 1 saturated heterocycles. The summed E-state index contributed by atoms with van der Waals surface area (Å²) >= 11 is 0. The number of methoxy groups -OCH3 is 1. The Labute approximate surface area is 255 Å². The number of halogens is 2. The summed E-state index contributed by atoms with van der Waals surface area (Å²) in [6.07, 6.45) is 1.93. The van der Waals surface area contributed by atoms with E-state index >= 15 is 8.78 Å². The molecule has 0 amide bonds. The van der Waals surface area contributed by atoms with Gasteiger partial charge in [-0.25, -0.2) is 13.8 Å². The SMILES string of the molecule is COc1ncnc2c(C3N[C@H](CO[Si](C)(C)C(C)(C)C)[C@@H](O[Si](C)(C)C(C)(C)C)C3(F)F)cn([Si](C)(C)C(C)(C)C)c12. The van der Waals surface area contributed by atoms with Gasteiger partial charge in [-0.2, -0.15) is 4.98 Å². The second-order valence-corrected chi connectivity index (χ2v) is 31.3. The first-order chi connectivity index (χ1) is 18.7. The van der Waals surface area contributed by atoms with Gasteiger partial charge in [-0.1, -0.05) is 75.4 Å². The van der Waals surface area contributed by atoms with E-state index in [2.05, 4.69) is 108 Å². The van der Waals surface area contributed by atoms with Crippen molar-refractivity contribution in [1.82, 2.24) is 19.5 Å². The van der Waals surface area contributed by atoms with E-state index in [0.717, 1.165) is 0 Å². The fraction of sp³-hybridized carbons (Fsp3) is 0.800. The number of hydrogen-bond donors (Lipinski definition) is 1. The van der Waals surface area contributed by atoms with Crippen molar-refractivity contribution < 1.29 is 22.4 Å². The summed E-state index contributed by atoms with van der Waals surface area (Å²) in [7, 11) is -5.50. The Morgan fingerprint density at radius 3 is 1.90 bits per heavy atom. The lowest BCUT2D eigenvalue weighted by molar-refractivity contribution is -0.0966. The van der Waals surface area contributed by atoms with Gasteiger partial charge in [-0.05, 0) is 41.3 Å². The number of nitrogens with zero attached hydrogens (tertiary/aromatic N) is 3. The summed E-state index contributed by atoms with van der Waals surface area (Å²) in [5, 5.41) is 2.97. The molecule has 0 saturated carbocycles. The number of hydrogen-bond acceptors (Lipinski definition) is 6. The van der Waals surface area contributed by atoms with E-state index in [1.165, 1.54) is 6.33 Å². The van der Waals surface area contributed by atoms with E-state index in [0.29, 0.717) is 22.5 Å². The van der Waals surface area contributed by atoms with Crippen molar-refractivity contribution >= 4 is 35.9 Å². The predicted octanol–water partition coefficient (Wildman–Crippen LogP) is 8.35. The molecule has 1 N–H and O–H groups in total. The lowest BCUT2D eigenvalue weighted by Gasteiger charge is -2.42. The van der Waals surface area contributed by atoms with E-state index in [1.807, 2.05) is 19.3 Å². The normalized spacial score (nSPS) is 22.7. The van der Waals surface area contributed by atoms with E-state index < -0.39 is 49.0 Å². The van der Waals surface area contributed by atoms with Crippen molar-refractivity contribution in [2.24, 2.45) is 0 Å². The third-order valence-corrected chi connectivity index (χ3v) is 24.9. The first-order valence-corrected chi connectivity index (χ1v) is 23.8. The molecule has 0 aliphatic carbocycles. The van der Waals surface area contributed by atoms with E-state index in [1.54, 1.807) is 7.11 Å². The van der Waals surface area contributed by atoms with Gasteiger partial charge >= 0.3 is 0 Å². The van der Waals surface area contributed by atoms with Gasteiger partial charge in [-0.3, -0.25) is 5.32 Å². The van der Waals surface area contributed by atoms with Crippen LogP contribution in [0.2, 0.25) is 54.4 Å². The lowest BCUT2D eigenvalue weighted by Crippen LogP contribution is -2.53. The maximum absolute atomic E-state index is 16.9. The number of rotatable bonds is 8. The molecule has 1 fully saturated rings. The maximum atomic E-state index is 16.9. The van der Waals surface area contributed by atoms with Gasteiger partial charge < -0.3 is 17.8 Å². The molecule has 1 aliphatic rings. The Kier molecular flexibility index (Phi) is 9.25.